The van der Waals surface area contributed by atoms with Gasteiger partial charge in [0.15, 0.2) is 0 Å². The van der Waals surface area contributed by atoms with Gasteiger partial charge < -0.3 is 5.73 Å². The summed E-state index contributed by atoms with van der Waals surface area (Å²) in [5.74, 6) is 0. The molecule has 1 aromatic rings. The van der Waals surface area contributed by atoms with E-state index >= 15 is 0 Å². The van der Waals surface area contributed by atoms with E-state index in [0.29, 0.717) is 11.4 Å². The molecule has 3 heteroatoms. The number of benzene rings is 1. The lowest BCUT2D eigenvalue weighted by molar-refractivity contribution is 1.17. The van der Waals surface area contributed by atoms with Crippen LogP contribution in [0.5, 0.6) is 0 Å². The first-order chi connectivity index (χ1) is 8.61. The number of nitrogens with zero attached hydrogens (tertiary/aromatic N) is 2. The molecular formula is C15H21N3. The first kappa shape index (κ1) is 15.8. The molecule has 0 unspecified atom stereocenters. The van der Waals surface area contributed by atoms with Gasteiger partial charge in [-0.25, -0.2) is 0 Å². The van der Waals surface area contributed by atoms with E-state index in [1.807, 2.05) is 39.0 Å². The van der Waals surface area contributed by atoms with Gasteiger partial charge in [0.05, 0.1) is 11.4 Å². The van der Waals surface area contributed by atoms with Gasteiger partial charge in [0.25, 0.3) is 0 Å². The summed E-state index contributed by atoms with van der Waals surface area (Å²) in [5, 5.41) is 8.10. The van der Waals surface area contributed by atoms with Gasteiger partial charge in [-0.3, -0.25) is 0 Å². The molecule has 0 spiro atoms. The molecule has 0 saturated carbocycles. The lowest BCUT2D eigenvalue weighted by Crippen LogP contribution is -1.81. The Bertz CT molecular complexity index is 457. The van der Waals surface area contributed by atoms with Crippen molar-refractivity contribution in [1.29, 1.82) is 0 Å². The molecular weight excluding hydrogens is 222 g/mol. The topological polar surface area (TPSA) is 50.7 Å². The molecule has 0 radical (unpaired) electrons. The zero-order valence-corrected chi connectivity index (χ0v) is 11.4. The molecule has 0 aliphatic rings. The van der Waals surface area contributed by atoms with E-state index in [9.17, 15) is 0 Å². The average molecular weight is 243 g/mol. The first-order valence-corrected chi connectivity index (χ1v) is 5.89. The largest absolute Gasteiger partial charge is 0.399 e. The van der Waals surface area contributed by atoms with Crippen LogP contribution in [0.25, 0.3) is 0 Å². The van der Waals surface area contributed by atoms with Crippen molar-refractivity contribution in [3.63, 3.8) is 0 Å². The van der Waals surface area contributed by atoms with Crippen LogP contribution in [0.3, 0.4) is 0 Å². The van der Waals surface area contributed by atoms with E-state index in [-0.39, 0.29) is 0 Å². The Hall–Kier alpha value is -2.16. The minimum absolute atomic E-state index is 0.667. The van der Waals surface area contributed by atoms with Crippen LogP contribution in [0, 0.1) is 0 Å². The molecule has 3 nitrogen and oxygen atoms in total. The van der Waals surface area contributed by atoms with Crippen molar-refractivity contribution in [2.75, 3.05) is 5.73 Å². The predicted molar refractivity (Wildman–Crippen MR) is 79.8 cm³/mol. The quantitative estimate of drug-likeness (QED) is 0.450. The van der Waals surface area contributed by atoms with Gasteiger partial charge in [0, 0.05) is 5.69 Å². The van der Waals surface area contributed by atoms with Crippen molar-refractivity contribution in [3.05, 3.63) is 60.8 Å². The molecule has 0 fully saturated rings. The lowest BCUT2D eigenvalue weighted by Gasteiger charge is -1.95. The monoisotopic (exact) mass is 243 g/mol. The van der Waals surface area contributed by atoms with E-state index in [1.165, 1.54) is 0 Å². The molecule has 0 aliphatic carbocycles. The van der Waals surface area contributed by atoms with Crippen LogP contribution in [-0.2, 0) is 0 Å². The average Bonchev–Trinajstić information content (AvgIpc) is 2.36. The van der Waals surface area contributed by atoms with E-state index in [1.54, 1.807) is 18.2 Å². The number of nitrogen functional groups attached to an aromatic ring is 1. The van der Waals surface area contributed by atoms with Crippen LogP contribution < -0.4 is 5.73 Å². The Morgan fingerprint density at radius 1 is 1.33 bits per heavy atom. The highest BCUT2D eigenvalue weighted by molar-refractivity contribution is 5.50. The van der Waals surface area contributed by atoms with E-state index in [0.717, 1.165) is 11.3 Å². The van der Waals surface area contributed by atoms with Crippen LogP contribution in [-0.4, -0.2) is 0 Å². The molecule has 1 aromatic carbocycles. The first-order valence-electron chi connectivity index (χ1n) is 5.89. The van der Waals surface area contributed by atoms with Gasteiger partial charge in [-0.2, -0.15) is 10.2 Å². The van der Waals surface area contributed by atoms with Crippen LogP contribution in [0.15, 0.2) is 71.1 Å². The third kappa shape index (κ3) is 6.43. The fraction of sp³-hybridized carbons (Fsp3) is 0.200. The molecule has 0 heterocycles. The smallest absolute Gasteiger partial charge is 0.0877 e. The van der Waals surface area contributed by atoms with E-state index < -0.39 is 0 Å². The maximum absolute atomic E-state index is 5.63. The van der Waals surface area contributed by atoms with Crippen LogP contribution >= 0.6 is 0 Å². The molecule has 0 aromatic heterocycles. The van der Waals surface area contributed by atoms with Gasteiger partial charge >= 0.3 is 0 Å². The summed E-state index contributed by atoms with van der Waals surface area (Å²) in [4.78, 5) is 0. The number of allylic oxidation sites excluding steroid dienone is 3. The van der Waals surface area contributed by atoms with Crippen molar-refractivity contribution < 1.29 is 0 Å². The number of anilines is 1. The van der Waals surface area contributed by atoms with Crippen molar-refractivity contribution in [2.24, 2.45) is 10.2 Å². The summed E-state index contributed by atoms with van der Waals surface area (Å²) < 4.78 is 0. The fourth-order valence-electron chi connectivity index (χ4n) is 1.08. The number of azo groups is 1. The van der Waals surface area contributed by atoms with Crippen molar-refractivity contribution >= 4 is 11.4 Å². The minimum atomic E-state index is 0.667. The molecule has 0 aliphatic heterocycles. The Morgan fingerprint density at radius 3 is 2.50 bits per heavy atom. The highest BCUT2D eigenvalue weighted by Crippen LogP contribution is 2.17. The third-order valence-electron chi connectivity index (χ3n) is 1.75. The van der Waals surface area contributed by atoms with Gasteiger partial charge in [0.1, 0.15) is 0 Å². The van der Waals surface area contributed by atoms with E-state index in [2.05, 4.69) is 23.4 Å². The SMILES string of the molecule is C=C/C(=C\C(=C)C)N=Nc1cccc(N)c1.CC. The minimum Gasteiger partial charge on any atom is -0.399 e. The maximum atomic E-state index is 5.63. The highest BCUT2D eigenvalue weighted by atomic mass is 15.1. The Labute approximate surface area is 109 Å². The second kappa shape index (κ2) is 8.93. The second-order valence-corrected chi connectivity index (χ2v) is 3.41. The van der Waals surface area contributed by atoms with Gasteiger partial charge in [-0.15, -0.1) is 0 Å². The van der Waals surface area contributed by atoms with Crippen LogP contribution in [0.4, 0.5) is 11.4 Å². The van der Waals surface area contributed by atoms with Crippen LogP contribution in [0.1, 0.15) is 20.8 Å². The summed E-state index contributed by atoms with van der Waals surface area (Å²) in [6.07, 6.45) is 3.44. The Balaban J connectivity index is 0.00000137. The van der Waals surface area contributed by atoms with Gasteiger partial charge in [0.2, 0.25) is 0 Å². The normalized spacial score (nSPS) is 10.7. The number of nitrogens with two attached hydrogens (primary N) is 1. The van der Waals surface area contributed by atoms with Crippen molar-refractivity contribution in [1.82, 2.24) is 0 Å². The molecule has 2 N–H and O–H groups in total. The summed E-state index contributed by atoms with van der Waals surface area (Å²) in [7, 11) is 0. The molecule has 1 rings (SSSR count). The Kier molecular flexibility index (Phi) is 7.86. The van der Waals surface area contributed by atoms with Crippen LogP contribution in [0.2, 0.25) is 0 Å². The molecule has 96 valence electrons. The van der Waals surface area contributed by atoms with Gasteiger partial charge in [-0.05, 0) is 37.3 Å². The second-order valence-electron chi connectivity index (χ2n) is 3.41. The molecule has 0 atom stereocenters. The highest BCUT2D eigenvalue weighted by Gasteiger charge is 1.91. The maximum Gasteiger partial charge on any atom is 0.0877 e. The predicted octanol–water partition coefficient (Wildman–Crippen LogP) is 5.02. The number of hydrogen-bond donors (Lipinski definition) is 1. The zero-order valence-electron chi connectivity index (χ0n) is 11.4. The Morgan fingerprint density at radius 2 is 2.00 bits per heavy atom. The zero-order chi connectivity index (χ0) is 14.0. The van der Waals surface area contributed by atoms with Crippen molar-refractivity contribution in [3.8, 4) is 0 Å². The molecule has 0 saturated heterocycles. The summed E-state index contributed by atoms with van der Waals surface area (Å²) in [5.41, 5.74) is 8.59. The number of rotatable bonds is 4. The summed E-state index contributed by atoms with van der Waals surface area (Å²) in [6, 6.07) is 7.23. The van der Waals surface area contributed by atoms with E-state index in [4.69, 9.17) is 5.73 Å². The summed E-state index contributed by atoms with van der Waals surface area (Å²) >= 11 is 0. The summed E-state index contributed by atoms with van der Waals surface area (Å²) in [6.45, 7) is 13.3. The lowest BCUT2D eigenvalue weighted by atomic mass is 10.3. The number of hydrogen-bond acceptors (Lipinski definition) is 3. The van der Waals surface area contributed by atoms with Crippen molar-refractivity contribution in [2.45, 2.75) is 20.8 Å². The molecule has 0 amide bonds. The van der Waals surface area contributed by atoms with Gasteiger partial charge in [-0.1, -0.05) is 38.6 Å². The molecule has 0 bridgehead atoms. The fourth-order valence-corrected chi connectivity index (χ4v) is 1.08. The standard InChI is InChI=1S/C13H15N3.C2H6/c1-4-12(8-10(2)3)15-16-13-7-5-6-11(14)9-13;1-2/h4-9H,1-2,14H2,3H3;1-2H3/b12-8+,16-15?;. The molecule has 18 heavy (non-hydrogen) atoms. The third-order valence-corrected chi connectivity index (χ3v) is 1.75.